The van der Waals surface area contributed by atoms with Crippen molar-refractivity contribution in [1.82, 2.24) is 4.90 Å². The highest BCUT2D eigenvalue weighted by Gasteiger charge is 2.43. The van der Waals surface area contributed by atoms with Crippen LogP contribution in [0, 0.1) is 6.92 Å². The zero-order valence-electron chi connectivity index (χ0n) is 13.3. The van der Waals surface area contributed by atoms with Crippen molar-refractivity contribution >= 4 is 28.5 Å². The minimum atomic E-state index is -4.86. The normalized spacial score (nSPS) is 15.7. The maximum atomic E-state index is 12.5. The average molecular weight is 356 g/mol. The van der Waals surface area contributed by atoms with E-state index in [2.05, 4.69) is 0 Å². The lowest BCUT2D eigenvalue weighted by Gasteiger charge is -2.37. The van der Waals surface area contributed by atoms with Crippen LogP contribution in [0.3, 0.4) is 0 Å². The van der Waals surface area contributed by atoms with E-state index < -0.39 is 18.1 Å². The van der Waals surface area contributed by atoms with Crippen LogP contribution < -0.4 is 4.90 Å². The van der Waals surface area contributed by atoms with Gasteiger partial charge in [-0.2, -0.15) is 13.2 Å². The lowest BCUT2D eigenvalue weighted by molar-refractivity contribution is -0.185. The molecule has 1 aliphatic heterocycles. The fraction of sp³-hybridized carbons (Fsp3) is 0.375. The third kappa shape index (κ3) is 3.13. The van der Waals surface area contributed by atoms with Crippen molar-refractivity contribution in [3.05, 3.63) is 29.5 Å². The molecule has 1 aromatic carbocycles. The van der Waals surface area contributed by atoms with Gasteiger partial charge in [-0.25, -0.2) is 4.79 Å². The second-order valence-corrected chi connectivity index (χ2v) is 5.81. The number of piperazine rings is 1. The number of carboxylic acids is 1. The highest BCUT2D eigenvalue weighted by Crippen LogP contribution is 2.31. The van der Waals surface area contributed by atoms with Crippen molar-refractivity contribution < 1.29 is 32.3 Å². The Morgan fingerprint density at radius 2 is 1.80 bits per heavy atom. The summed E-state index contributed by atoms with van der Waals surface area (Å²) in [5.41, 5.74) is 2.00. The van der Waals surface area contributed by atoms with E-state index in [-0.39, 0.29) is 31.9 Å². The first-order valence-electron chi connectivity index (χ1n) is 7.56. The van der Waals surface area contributed by atoms with E-state index in [1.54, 1.807) is 19.1 Å². The molecule has 0 saturated carbocycles. The third-order valence-electron chi connectivity index (χ3n) is 4.30. The SMILES string of the molecule is Cc1c(N2CCN(C(=O)C(F)(F)F)CC2)ccc2oc(C(=O)O)cc12. The molecule has 1 saturated heterocycles. The number of amides is 1. The number of hydrogen-bond acceptors (Lipinski definition) is 4. The fourth-order valence-corrected chi connectivity index (χ4v) is 3.02. The molecule has 25 heavy (non-hydrogen) atoms. The monoisotopic (exact) mass is 356 g/mol. The number of fused-ring (bicyclic) bond motifs is 1. The van der Waals surface area contributed by atoms with Crippen LogP contribution in [0.4, 0.5) is 18.9 Å². The van der Waals surface area contributed by atoms with Gasteiger partial charge in [0.2, 0.25) is 5.76 Å². The fourth-order valence-electron chi connectivity index (χ4n) is 3.02. The predicted molar refractivity (Wildman–Crippen MR) is 82.8 cm³/mol. The first-order valence-corrected chi connectivity index (χ1v) is 7.56. The molecule has 134 valence electrons. The van der Waals surface area contributed by atoms with Gasteiger partial charge in [0.15, 0.2) is 0 Å². The number of benzene rings is 1. The summed E-state index contributed by atoms with van der Waals surface area (Å²) < 4.78 is 42.7. The van der Waals surface area contributed by atoms with Crippen LogP contribution in [0.25, 0.3) is 11.0 Å². The summed E-state index contributed by atoms with van der Waals surface area (Å²) in [6, 6.07) is 4.81. The van der Waals surface area contributed by atoms with Gasteiger partial charge in [0.05, 0.1) is 0 Å². The summed E-state index contributed by atoms with van der Waals surface area (Å²) in [5.74, 6) is -3.16. The largest absolute Gasteiger partial charge is 0.475 e. The quantitative estimate of drug-likeness (QED) is 0.896. The molecule has 1 aromatic heterocycles. The zero-order chi connectivity index (χ0) is 18.4. The maximum absolute atomic E-state index is 12.5. The van der Waals surface area contributed by atoms with E-state index in [9.17, 15) is 22.8 Å². The van der Waals surface area contributed by atoms with Crippen LogP contribution in [0.15, 0.2) is 22.6 Å². The van der Waals surface area contributed by atoms with E-state index in [4.69, 9.17) is 9.52 Å². The van der Waals surface area contributed by atoms with Crippen molar-refractivity contribution in [3.8, 4) is 0 Å². The van der Waals surface area contributed by atoms with E-state index in [1.165, 1.54) is 6.07 Å². The summed E-state index contributed by atoms with van der Waals surface area (Å²) in [5, 5.41) is 9.65. The predicted octanol–water partition coefficient (Wildman–Crippen LogP) is 2.65. The maximum Gasteiger partial charge on any atom is 0.471 e. The number of furan rings is 1. The Labute approximate surface area is 140 Å². The first-order chi connectivity index (χ1) is 11.7. The minimum Gasteiger partial charge on any atom is -0.475 e. The number of anilines is 1. The highest BCUT2D eigenvalue weighted by molar-refractivity contribution is 5.94. The lowest BCUT2D eigenvalue weighted by Crippen LogP contribution is -2.52. The van der Waals surface area contributed by atoms with Gasteiger partial charge in [-0.3, -0.25) is 4.79 Å². The second kappa shape index (κ2) is 5.98. The van der Waals surface area contributed by atoms with E-state index in [0.717, 1.165) is 16.2 Å². The number of rotatable bonds is 2. The zero-order valence-corrected chi connectivity index (χ0v) is 13.3. The highest BCUT2D eigenvalue weighted by atomic mass is 19.4. The molecule has 0 radical (unpaired) electrons. The summed E-state index contributed by atoms with van der Waals surface area (Å²) in [6.07, 6.45) is -4.86. The molecule has 3 rings (SSSR count). The number of nitrogens with zero attached hydrogens (tertiary/aromatic N) is 2. The molecule has 1 aliphatic rings. The number of aromatic carboxylic acids is 1. The lowest BCUT2D eigenvalue weighted by atomic mass is 10.1. The molecule has 1 N–H and O–H groups in total. The number of aryl methyl sites for hydroxylation is 1. The summed E-state index contributed by atoms with van der Waals surface area (Å²) in [6.45, 7) is 2.27. The Morgan fingerprint density at radius 3 is 2.36 bits per heavy atom. The van der Waals surface area contributed by atoms with Gasteiger partial charge < -0.3 is 19.3 Å². The smallest absolute Gasteiger partial charge is 0.471 e. The number of halogens is 3. The number of carbonyl (C=O) groups is 2. The van der Waals surface area contributed by atoms with Gasteiger partial charge in [0.25, 0.3) is 0 Å². The molecule has 2 heterocycles. The molecule has 1 amide bonds. The van der Waals surface area contributed by atoms with Crippen LogP contribution in [0.1, 0.15) is 16.1 Å². The summed E-state index contributed by atoms with van der Waals surface area (Å²) in [7, 11) is 0. The molecule has 0 unspecified atom stereocenters. The molecular weight excluding hydrogens is 341 g/mol. The van der Waals surface area contributed by atoms with Gasteiger partial charge >= 0.3 is 18.1 Å². The second-order valence-electron chi connectivity index (χ2n) is 5.81. The van der Waals surface area contributed by atoms with Crippen LogP contribution in [-0.4, -0.2) is 54.2 Å². The molecule has 1 fully saturated rings. The van der Waals surface area contributed by atoms with Gasteiger partial charge in [-0.1, -0.05) is 0 Å². The number of hydrogen-bond donors (Lipinski definition) is 1. The Kier molecular flexibility index (Phi) is 4.09. The summed E-state index contributed by atoms with van der Waals surface area (Å²) in [4.78, 5) is 25.0. The third-order valence-corrected chi connectivity index (χ3v) is 4.30. The molecule has 0 atom stereocenters. The molecule has 0 spiro atoms. The van der Waals surface area contributed by atoms with Crippen LogP contribution >= 0.6 is 0 Å². The molecule has 6 nitrogen and oxygen atoms in total. The van der Waals surface area contributed by atoms with E-state index >= 15 is 0 Å². The number of carboxylic acid groups (broad SMARTS) is 1. The van der Waals surface area contributed by atoms with Crippen molar-refractivity contribution in [2.45, 2.75) is 13.1 Å². The number of alkyl halides is 3. The number of carbonyl (C=O) groups excluding carboxylic acids is 1. The van der Waals surface area contributed by atoms with Crippen LogP contribution in [0.5, 0.6) is 0 Å². The van der Waals surface area contributed by atoms with Gasteiger partial charge in [-0.15, -0.1) is 0 Å². The topological polar surface area (TPSA) is 74.0 Å². The average Bonchev–Trinajstić information content (AvgIpc) is 2.99. The van der Waals surface area contributed by atoms with Crippen LogP contribution in [0.2, 0.25) is 0 Å². The van der Waals surface area contributed by atoms with Crippen molar-refractivity contribution in [2.24, 2.45) is 0 Å². The molecule has 0 aliphatic carbocycles. The van der Waals surface area contributed by atoms with E-state index in [0.29, 0.717) is 11.0 Å². The van der Waals surface area contributed by atoms with Crippen molar-refractivity contribution in [3.63, 3.8) is 0 Å². The van der Waals surface area contributed by atoms with Crippen LogP contribution in [-0.2, 0) is 4.79 Å². The Balaban J connectivity index is 1.81. The van der Waals surface area contributed by atoms with Gasteiger partial charge in [-0.05, 0) is 30.7 Å². The first kappa shape index (κ1) is 17.1. The minimum absolute atomic E-state index is 0.0262. The molecule has 2 aromatic rings. The standard InChI is InChI=1S/C16H15F3N2O4/c1-9-10-8-13(14(22)23)25-12(10)3-2-11(9)20-4-6-21(7-5-20)15(24)16(17,18)19/h2-3,8H,4-7H2,1H3,(H,22,23). The van der Waals surface area contributed by atoms with Crippen molar-refractivity contribution in [2.75, 3.05) is 31.1 Å². The molecular formula is C16H15F3N2O4. The summed E-state index contributed by atoms with van der Waals surface area (Å²) >= 11 is 0. The Hall–Kier alpha value is -2.71. The van der Waals surface area contributed by atoms with Gasteiger partial charge in [0.1, 0.15) is 5.58 Å². The molecule has 9 heteroatoms. The van der Waals surface area contributed by atoms with E-state index in [1.807, 2.05) is 4.90 Å². The van der Waals surface area contributed by atoms with Gasteiger partial charge in [0, 0.05) is 37.3 Å². The Bertz CT molecular complexity index is 836. The molecule has 0 bridgehead atoms. The Morgan fingerprint density at radius 1 is 1.16 bits per heavy atom. The van der Waals surface area contributed by atoms with Crippen molar-refractivity contribution in [1.29, 1.82) is 0 Å².